The zero-order valence-electron chi connectivity index (χ0n) is 11.2. The Labute approximate surface area is 113 Å². The Morgan fingerprint density at radius 3 is 2.15 bits per heavy atom. The molecule has 1 aliphatic heterocycles. The molecule has 8 heteroatoms. The molecule has 0 aromatic rings. The van der Waals surface area contributed by atoms with Gasteiger partial charge in [-0.3, -0.25) is 0 Å². The highest BCUT2D eigenvalue weighted by molar-refractivity contribution is 4.86. The molecule has 0 saturated carbocycles. The summed E-state index contributed by atoms with van der Waals surface area (Å²) >= 11 is 0. The average molecular weight is 307 g/mol. The zero-order valence-corrected chi connectivity index (χ0v) is 11.2. The van der Waals surface area contributed by atoms with Gasteiger partial charge in [-0.2, -0.15) is 26.3 Å². The van der Waals surface area contributed by atoms with Crippen LogP contribution in [0, 0.1) is 5.92 Å². The summed E-state index contributed by atoms with van der Waals surface area (Å²) in [7, 11) is 1.13. The van der Waals surface area contributed by atoms with E-state index in [-0.39, 0.29) is 18.9 Å². The van der Waals surface area contributed by atoms with Gasteiger partial charge >= 0.3 is 12.4 Å². The van der Waals surface area contributed by atoms with Crippen LogP contribution in [0.25, 0.3) is 0 Å². The summed E-state index contributed by atoms with van der Waals surface area (Å²) in [6.45, 7) is 0.619. The fourth-order valence-electron chi connectivity index (χ4n) is 2.56. The second-order valence-electron chi connectivity index (χ2n) is 5.02. The maximum Gasteiger partial charge on any atom is 0.401 e. The first-order valence-corrected chi connectivity index (χ1v) is 6.58. The lowest BCUT2D eigenvalue weighted by Gasteiger charge is -2.30. The van der Waals surface area contributed by atoms with Crippen molar-refractivity contribution in [1.29, 1.82) is 0 Å². The Morgan fingerprint density at radius 1 is 1.15 bits per heavy atom. The van der Waals surface area contributed by atoms with Crippen molar-refractivity contribution >= 4 is 0 Å². The van der Waals surface area contributed by atoms with Gasteiger partial charge in [0.15, 0.2) is 5.92 Å². The van der Waals surface area contributed by atoms with Gasteiger partial charge in [-0.05, 0) is 39.2 Å². The minimum absolute atomic E-state index is 0.0253. The molecular weight excluding hydrogens is 288 g/mol. The lowest BCUT2D eigenvalue weighted by molar-refractivity contribution is -0.291. The minimum atomic E-state index is -5.30. The molecule has 0 spiro atoms. The van der Waals surface area contributed by atoms with E-state index in [2.05, 4.69) is 5.32 Å². The van der Waals surface area contributed by atoms with Gasteiger partial charge in [0.25, 0.3) is 0 Å². The van der Waals surface area contributed by atoms with Crippen LogP contribution >= 0.6 is 0 Å². The topological polar surface area (TPSA) is 21.3 Å². The van der Waals surface area contributed by atoms with E-state index in [1.54, 1.807) is 0 Å². The maximum absolute atomic E-state index is 12.6. The third kappa shape index (κ3) is 5.12. The molecule has 1 aliphatic rings. The Hall–Kier alpha value is -0.500. The van der Waals surface area contributed by atoms with E-state index < -0.39 is 24.3 Å². The van der Waals surface area contributed by atoms with Crippen molar-refractivity contribution in [3.8, 4) is 0 Å². The summed E-state index contributed by atoms with van der Waals surface area (Å²) in [6, 6.07) is -1.66. The third-order valence-electron chi connectivity index (χ3n) is 3.54. The van der Waals surface area contributed by atoms with E-state index in [1.165, 1.54) is 0 Å². The Bertz CT molecular complexity index is 271. The zero-order chi connectivity index (χ0) is 15.4. The summed E-state index contributed by atoms with van der Waals surface area (Å²) in [5.41, 5.74) is 0. The van der Waals surface area contributed by atoms with Gasteiger partial charge < -0.3 is 10.1 Å². The summed E-state index contributed by atoms with van der Waals surface area (Å²) < 4.78 is 80.9. The molecule has 0 bridgehead atoms. The van der Waals surface area contributed by atoms with Crippen molar-refractivity contribution in [2.24, 2.45) is 5.92 Å². The second kappa shape index (κ2) is 6.98. The van der Waals surface area contributed by atoms with Gasteiger partial charge in [0, 0.05) is 12.6 Å². The second-order valence-corrected chi connectivity index (χ2v) is 5.02. The number of hydrogen-bond donors (Lipinski definition) is 1. The molecule has 1 N–H and O–H groups in total. The van der Waals surface area contributed by atoms with E-state index in [4.69, 9.17) is 4.74 Å². The van der Waals surface area contributed by atoms with Gasteiger partial charge in [0.2, 0.25) is 0 Å². The average Bonchev–Trinajstić information content (AvgIpc) is 2.76. The van der Waals surface area contributed by atoms with Crippen molar-refractivity contribution in [3.05, 3.63) is 0 Å². The predicted molar refractivity (Wildman–Crippen MR) is 61.3 cm³/mol. The van der Waals surface area contributed by atoms with Crippen LogP contribution in [0.4, 0.5) is 26.3 Å². The third-order valence-corrected chi connectivity index (χ3v) is 3.54. The lowest BCUT2D eigenvalue weighted by Crippen LogP contribution is -2.50. The molecule has 0 amide bonds. The van der Waals surface area contributed by atoms with Crippen LogP contribution in [0.1, 0.15) is 32.1 Å². The summed E-state index contributed by atoms with van der Waals surface area (Å²) in [5.74, 6) is -3.33. The largest absolute Gasteiger partial charge is 0.401 e. The van der Waals surface area contributed by atoms with E-state index >= 15 is 0 Å². The Kier molecular flexibility index (Phi) is 6.12. The highest BCUT2D eigenvalue weighted by Crippen LogP contribution is 2.42. The molecule has 1 heterocycles. The molecule has 2 unspecified atom stereocenters. The number of ether oxygens (including phenoxy) is 1. The first kappa shape index (κ1) is 17.6. The van der Waals surface area contributed by atoms with Crippen LogP contribution in [0.15, 0.2) is 0 Å². The van der Waals surface area contributed by atoms with E-state index in [9.17, 15) is 26.3 Å². The molecular formula is C12H19F6NO. The standard InChI is InChI=1S/C12H19F6NO/c1-19-9(6-2-4-8-5-3-7-20-8)10(11(13,14)15)12(16,17)18/h8-10,19H,2-7H2,1H3. The van der Waals surface area contributed by atoms with Crippen molar-refractivity contribution < 1.29 is 31.1 Å². The Balaban J connectivity index is 2.56. The van der Waals surface area contributed by atoms with Crippen molar-refractivity contribution in [2.45, 2.75) is 56.6 Å². The molecule has 0 aromatic carbocycles. The SMILES string of the molecule is CNC(CCCC1CCCO1)C(C(F)(F)F)C(F)(F)F. The normalized spacial score (nSPS) is 22.5. The van der Waals surface area contributed by atoms with Gasteiger partial charge in [-0.1, -0.05) is 0 Å². The minimum Gasteiger partial charge on any atom is -0.378 e. The van der Waals surface area contributed by atoms with Crippen molar-refractivity contribution in [2.75, 3.05) is 13.7 Å². The molecule has 120 valence electrons. The first-order chi connectivity index (χ1) is 9.16. The monoisotopic (exact) mass is 307 g/mol. The highest BCUT2D eigenvalue weighted by Gasteiger charge is 2.59. The number of halogens is 6. The van der Waals surface area contributed by atoms with Crippen LogP contribution < -0.4 is 5.32 Å². The van der Waals surface area contributed by atoms with Crippen LogP contribution in [-0.4, -0.2) is 38.2 Å². The molecule has 2 atom stereocenters. The van der Waals surface area contributed by atoms with Gasteiger partial charge in [-0.25, -0.2) is 0 Å². The van der Waals surface area contributed by atoms with Gasteiger partial charge in [-0.15, -0.1) is 0 Å². The summed E-state index contributed by atoms with van der Waals surface area (Å²) in [5, 5.41) is 2.16. The molecule has 0 radical (unpaired) electrons. The molecule has 0 aliphatic carbocycles. The predicted octanol–water partition coefficient (Wildman–Crippen LogP) is 3.66. The first-order valence-electron chi connectivity index (χ1n) is 6.58. The van der Waals surface area contributed by atoms with Gasteiger partial charge in [0.1, 0.15) is 0 Å². The van der Waals surface area contributed by atoms with Crippen LogP contribution in [0.3, 0.4) is 0 Å². The fourth-order valence-corrected chi connectivity index (χ4v) is 2.56. The molecule has 2 nitrogen and oxygen atoms in total. The van der Waals surface area contributed by atoms with Crippen LogP contribution in [-0.2, 0) is 4.74 Å². The molecule has 1 rings (SSSR count). The number of hydrogen-bond acceptors (Lipinski definition) is 2. The number of nitrogens with one attached hydrogen (secondary N) is 1. The summed E-state index contributed by atoms with van der Waals surface area (Å²) in [6.07, 6.45) is -8.30. The van der Waals surface area contributed by atoms with Crippen molar-refractivity contribution in [1.82, 2.24) is 5.32 Å². The van der Waals surface area contributed by atoms with Gasteiger partial charge in [0.05, 0.1) is 6.10 Å². The number of alkyl halides is 6. The lowest BCUT2D eigenvalue weighted by atomic mass is 9.93. The van der Waals surface area contributed by atoms with E-state index in [0.29, 0.717) is 13.0 Å². The molecule has 1 fully saturated rings. The fraction of sp³-hybridized carbons (Fsp3) is 1.00. The molecule has 0 aromatic heterocycles. The van der Waals surface area contributed by atoms with Crippen molar-refractivity contribution in [3.63, 3.8) is 0 Å². The Morgan fingerprint density at radius 2 is 1.75 bits per heavy atom. The number of rotatable bonds is 6. The smallest absolute Gasteiger partial charge is 0.378 e. The van der Waals surface area contributed by atoms with E-state index in [0.717, 1.165) is 19.9 Å². The summed E-state index contributed by atoms with van der Waals surface area (Å²) in [4.78, 5) is 0. The molecule has 20 heavy (non-hydrogen) atoms. The maximum atomic E-state index is 12.6. The van der Waals surface area contributed by atoms with E-state index in [1.807, 2.05) is 0 Å². The van der Waals surface area contributed by atoms with Crippen LogP contribution in [0.2, 0.25) is 0 Å². The highest BCUT2D eigenvalue weighted by atomic mass is 19.4. The quantitative estimate of drug-likeness (QED) is 0.756. The molecule has 1 saturated heterocycles. The van der Waals surface area contributed by atoms with Crippen LogP contribution in [0.5, 0.6) is 0 Å².